The number of halogens is 2. The second kappa shape index (κ2) is 6.76. The molecule has 3 aliphatic rings. The molecule has 0 aromatic rings. The van der Waals surface area contributed by atoms with Crippen molar-refractivity contribution in [2.75, 3.05) is 0 Å². The van der Waals surface area contributed by atoms with E-state index in [4.69, 9.17) is 0 Å². The van der Waals surface area contributed by atoms with Crippen molar-refractivity contribution in [3.8, 4) is 0 Å². The number of rotatable bonds is 3. The summed E-state index contributed by atoms with van der Waals surface area (Å²) in [6, 6.07) is 3.13. The zero-order valence-corrected chi connectivity index (χ0v) is 14.8. The fourth-order valence-electron chi connectivity index (χ4n) is 2.92. The smallest absolute Gasteiger partial charge is 1.00 e. The van der Waals surface area contributed by atoms with Gasteiger partial charge in [-0.15, -0.1) is 0 Å². The summed E-state index contributed by atoms with van der Waals surface area (Å²) in [6.07, 6.45) is 15.8. The van der Waals surface area contributed by atoms with E-state index in [0.29, 0.717) is 0 Å². The Morgan fingerprint density at radius 1 is 1.11 bits per heavy atom. The van der Waals surface area contributed by atoms with Gasteiger partial charge in [0, 0.05) is 0 Å². The Morgan fingerprint density at radius 2 is 1.89 bits per heavy atom. The van der Waals surface area contributed by atoms with Gasteiger partial charge in [0.15, 0.2) is 0 Å². The van der Waals surface area contributed by atoms with Crippen LogP contribution in [-0.4, -0.2) is 8.07 Å². The summed E-state index contributed by atoms with van der Waals surface area (Å²) >= 11 is 0.0213. The molecular weight excluding hydrogens is 315 g/mol. The van der Waals surface area contributed by atoms with Crippen LogP contribution in [0.5, 0.6) is 0 Å². The van der Waals surface area contributed by atoms with Crippen molar-refractivity contribution < 1.29 is 44.0 Å². The monoisotopic (exact) mass is 332 g/mol. The van der Waals surface area contributed by atoms with E-state index in [1.807, 2.05) is 9.07 Å². The summed E-state index contributed by atoms with van der Waals surface area (Å²) < 4.78 is 3.54. The van der Waals surface area contributed by atoms with Crippen LogP contribution >= 0.6 is 0 Å². The molecule has 1 aliphatic heterocycles. The van der Waals surface area contributed by atoms with Gasteiger partial charge < -0.3 is 24.8 Å². The molecule has 3 rings (SSSR count). The molecule has 96 valence electrons. The van der Waals surface area contributed by atoms with Crippen LogP contribution in [0, 0.1) is 0 Å². The molecule has 1 fully saturated rings. The molecule has 2 aliphatic carbocycles. The molecule has 0 saturated carbocycles. The van der Waals surface area contributed by atoms with Crippen molar-refractivity contribution in [2.45, 2.75) is 37.9 Å². The van der Waals surface area contributed by atoms with Crippen LogP contribution in [0.15, 0.2) is 43.3 Å². The molecule has 0 spiro atoms. The van der Waals surface area contributed by atoms with Gasteiger partial charge in [-0.1, -0.05) is 0 Å². The van der Waals surface area contributed by atoms with E-state index in [9.17, 15) is 0 Å². The first-order valence-electron chi connectivity index (χ1n) is 6.31. The maximum atomic E-state index is 2.62. The second-order valence-corrected chi connectivity index (χ2v) is 12.3. The van der Waals surface area contributed by atoms with Crippen LogP contribution in [0.4, 0.5) is 0 Å². The fraction of sp³-hybridized carbons (Fsp3) is 0.429. The van der Waals surface area contributed by atoms with Crippen molar-refractivity contribution in [3.63, 3.8) is 0 Å². The summed E-state index contributed by atoms with van der Waals surface area (Å²) in [5.41, 5.74) is 0. The van der Waals surface area contributed by atoms with Crippen LogP contribution in [0.2, 0.25) is 18.6 Å². The first-order chi connectivity index (χ1) is 7.78. The molecule has 0 bridgehead atoms. The van der Waals surface area contributed by atoms with Crippen molar-refractivity contribution >= 4 is 8.07 Å². The first-order valence-corrected chi connectivity index (χ1v) is 10.8. The van der Waals surface area contributed by atoms with Crippen molar-refractivity contribution in [1.82, 2.24) is 0 Å². The molecule has 0 nitrogen and oxygen atoms in total. The van der Waals surface area contributed by atoms with Crippen molar-refractivity contribution in [2.24, 2.45) is 0 Å². The predicted octanol–water partition coefficient (Wildman–Crippen LogP) is -1.84. The van der Waals surface area contributed by atoms with Gasteiger partial charge in [-0.25, -0.2) is 0 Å². The minimum absolute atomic E-state index is 0. The molecule has 1 saturated heterocycles. The van der Waals surface area contributed by atoms with E-state index in [1.54, 1.807) is 16.0 Å². The summed E-state index contributed by atoms with van der Waals surface area (Å²) in [6.45, 7) is 2.62. The zero-order chi connectivity index (χ0) is 11.0. The largest absolute Gasteiger partial charge is 1.00 e. The van der Waals surface area contributed by atoms with Crippen LogP contribution in [0.1, 0.15) is 19.3 Å². The van der Waals surface area contributed by atoms with Gasteiger partial charge in [0.2, 0.25) is 0 Å². The minimum atomic E-state index is -0.898. The van der Waals surface area contributed by atoms with Gasteiger partial charge in [0.1, 0.15) is 0 Å². The molecule has 0 N–H and O–H groups in total. The quantitative estimate of drug-likeness (QED) is 0.533. The molecule has 0 aromatic heterocycles. The molecule has 18 heavy (non-hydrogen) atoms. The summed E-state index contributed by atoms with van der Waals surface area (Å²) in [5, 5.41) is 1.94. The Morgan fingerprint density at radius 3 is 2.44 bits per heavy atom. The van der Waals surface area contributed by atoms with Gasteiger partial charge in [-0.05, 0) is 0 Å². The molecule has 0 radical (unpaired) electrons. The Labute approximate surface area is 132 Å². The van der Waals surface area contributed by atoms with E-state index >= 15 is 0 Å². The topological polar surface area (TPSA) is 0 Å². The summed E-state index contributed by atoms with van der Waals surface area (Å²) in [5.74, 6) is 0. The Bertz CT molecular complexity index is 431. The summed E-state index contributed by atoms with van der Waals surface area (Å²) in [7, 11) is -0.898. The molecule has 0 amide bonds. The maximum absolute atomic E-state index is 2.62. The summed E-state index contributed by atoms with van der Waals surface area (Å²) in [4.78, 5) is 0. The molecular formula is C14H18Cl2SiTi. The molecule has 1 heterocycles. The third-order valence-corrected chi connectivity index (χ3v) is 11.7. The average Bonchev–Trinajstić information content (AvgIpc) is 2.86. The second-order valence-electron chi connectivity index (χ2n) is 5.36. The van der Waals surface area contributed by atoms with Crippen LogP contribution in [0.3, 0.4) is 0 Å². The van der Waals surface area contributed by atoms with E-state index in [2.05, 4.69) is 36.9 Å². The van der Waals surface area contributed by atoms with E-state index < -0.39 is 8.07 Å². The zero-order valence-electron chi connectivity index (χ0n) is 10.7. The fourth-order valence-corrected chi connectivity index (χ4v) is 9.82. The Kier molecular flexibility index (Phi) is 6.21. The number of hydrogen-bond acceptors (Lipinski definition) is 0. The molecule has 0 aromatic carbocycles. The third kappa shape index (κ3) is 3.13. The Hall–Kier alpha value is 0.471. The predicted molar refractivity (Wildman–Crippen MR) is 68.5 cm³/mol. The molecule has 4 heteroatoms. The number of hydrogen-bond donors (Lipinski definition) is 0. The van der Waals surface area contributed by atoms with Gasteiger partial charge in [0.25, 0.3) is 0 Å². The van der Waals surface area contributed by atoms with E-state index in [0.717, 1.165) is 0 Å². The van der Waals surface area contributed by atoms with E-state index in [1.165, 1.54) is 19.3 Å². The van der Waals surface area contributed by atoms with Crippen molar-refractivity contribution in [1.29, 1.82) is 0 Å². The average molecular weight is 333 g/mol. The number of allylic oxidation sites excluding steroid dienone is 8. The van der Waals surface area contributed by atoms with Crippen LogP contribution in [0.25, 0.3) is 0 Å². The van der Waals surface area contributed by atoms with Gasteiger partial charge in [-0.3, -0.25) is 0 Å². The van der Waals surface area contributed by atoms with Gasteiger partial charge in [-0.2, -0.15) is 0 Å². The van der Waals surface area contributed by atoms with E-state index in [-0.39, 0.29) is 44.0 Å². The van der Waals surface area contributed by atoms with Crippen LogP contribution in [-0.2, 0) is 19.2 Å². The van der Waals surface area contributed by atoms with Crippen molar-refractivity contribution in [3.05, 3.63) is 43.3 Å². The SMILES string of the molecule is C[Si]1(C2=[C]([Ti+2][C]3=CC=CC3)C=CC2)CCC1.[Cl-].[Cl-]. The van der Waals surface area contributed by atoms with Gasteiger partial charge >= 0.3 is 108 Å². The van der Waals surface area contributed by atoms with Gasteiger partial charge in [0.05, 0.1) is 0 Å². The standard InChI is InChI=1S/C9H13Si.C5H5.2ClH.Ti/c1-10(7-4-8-10)9-5-2-3-6-9;1-2-4-5-3-1;;;/h2-3H,4-5,7-8H2,1H3;1-3H,4H2;2*1H;/q;;;;+2/p-2. The Balaban J connectivity index is 0.000000810. The third-order valence-electron chi connectivity index (χ3n) is 4.18. The molecule has 0 unspecified atom stereocenters. The maximum Gasteiger partial charge on any atom is -1.00 e. The minimum Gasteiger partial charge on any atom is -1.00 e. The first kappa shape index (κ1) is 16.5. The normalized spacial score (nSPS) is 22.8. The molecule has 0 atom stereocenters. The van der Waals surface area contributed by atoms with Crippen LogP contribution < -0.4 is 24.8 Å².